The Labute approximate surface area is 156 Å². The number of carbonyl (C=O) groups excluding carboxylic acids is 1. The van der Waals surface area contributed by atoms with Gasteiger partial charge in [-0.05, 0) is 54.5 Å². The van der Waals surface area contributed by atoms with E-state index in [1.807, 2.05) is 35.6 Å². The first kappa shape index (κ1) is 16.7. The van der Waals surface area contributed by atoms with Crippen LogP contribution in [0, 0.1) is 5.92 Å². The van der Waals surface area contributed by atoms with Gasteiger partial charge in [-0.2, -0.15) is 0 Å². The van der Waals surface area contributed by atoms with Crippen LogP contribution in [0.2, 0.25) is 0 Å². The summed E-state index contributed by atoms with van der Waals surface area (Å²) in [6.07, 6.45) is 5.75. The summed E-state index contributed by atoms with van der Waals surface area (Å²) in [6, 6.07) is 7.46. The Hall–Kier alpha value is -1.72. The third-order valence-electron chi connectivity index (χ3n) is 4.84. The lowest BCUT2D eigenvalue weighted by molar-refractivity contribution is -0.112. The summed E-state index contributed by atoms with van der Waals surface area (Å²) in [6.45, 7) is 2.33. The van der Waals surface area contributed by atoms with Crippen LogP contribution in [0.15, 0.2) is 29.2 Å². The van der Waals surface area contributed by atoms with Gasteiger partial charge in [0.25, 0.3) is 5.91 Å². The van der Waals surface area contributed by atoms with Crippen LogP contribution in [0.3, 0.4) is 0 Å². The molecule has 0 fully saturated rings. The second-order valence-corrected chi connectivity index (χ2v) is 8.83. The molecule has 1 N–H and O–H groups in total. The van der Waals surface area contributed by atoms with E-state index in [0.29, 0.717) is 0 Å². The monoisotopic (exact) mass is 371 g/mol. The number of carbonyl (C=O) groups is 1. The van der Waals surface area contributed by atoms with E-state index in [1.54, 1.807) is 24.4 Å². The highest BCUT2D eigenvalue weighted by Gasteiger charge is 2.26. The topological polar surface area (TPSA) is 38.3 Å². The number of amides is 1. The van der Waals surface area contributed by atoms with Crippen molar-refractivity contribution in [3.63, 3.8) is 0 Å². The molecule has 130 valence electrons. The number of thioether (sulfide) groups is 1. The second kappa shape index (κ2) is 6.89. The van der Waals surface area contributed by atoms with Gasteiger partial charge in [0, 0.05) is 27.3 Å². The maximum absolute atomic E-state index is 12.6. The first-order chi connectivity index (χ1) is 12.1. The molecule has 1 unspecified atom stereocenters. The van der Waals surface area contributed by atoms with Crippen molar-refractivity contribution in [3.8, 4) is 5.75 Å². The van der Waals surface area contributed by atoms with Gasteiger partial charge in [-0.25, -0.2) is 0 Å². The molecular weight excluding hydrogens is 350 g/mol. The van der Waals surface area contributed by atoms with Crippen LogP contribution in [-0.2, 0) is 23.4 Å². The van der Waals surface area contributed by atoms with Crippen molar-refractivity contribution in [3.05, 3.63) is 50.1 Å². The largest absolute Gasteiger partial charge is 0.497 e. The van der Waals surface area contributed by atoms with Gasteiger partial charge in [-0.15, -0.1) is 23.1 Å². The highest BCUT2D eigenvalue weighted by molar-refractivity contribution is 8.03. The molecule has 0 saturated heterocycles. The minimum Gasteiger partial charge on any atom is -0.497 e. The number of anilines is 1. The molecule has 4 rings (SSSR count). The third kappa shape index (κ3) is 3.35. The van der Waals surface area contributed by atoms with E-state index < -0.39 is 0 Å². The number of rotatable bonds is 3. The first-order valence-electron chi connectivity index (χ1n) is 8.57. The lowest BCUT2D eigenvalue weighted by Gasteiger charge is -2.20. The van der Waals surface area contributed by atoms with E-state index >= 15 is 0 Å². The fraction of sp³-hybridized carbons (Fsp3) is 0.350. The van der Waals surface area contributed by atoms with E-state index in [0.717, 1.165) is 28.0 Å². The fourth-order valence-corrected chi connectivity index (χ4v) is 6.10. The average Bonchev–Trinajstić information content (AvgIpc) is 2.98. The number of benzene rings is 1. The number of methoxy groups -OCH3 is 1. The lowest BCUT2D eigenvalue weighted by Crippen LogP contribution is -2.14. The molecule has 5 heteroatoms. The van der Waals surface area contributed by atoms with Crippen molar-refractivity contribution in [2.75, 3.05) is 12.4 Å². The Morgan fingerprint density at radius 3 is 3.04 bits per heavy atom. The Balaban J connectivity index is 1.55. The van der Waals surface area contributed by atoms with E-state index in [4.69, 9.17) is 4.74 Å². The second-order valence-electron chi connectivity index (χ2n) is 6.68. The van der Waals surface area contributed by atoms with Gasteiger partial charge in [0.2, 0.25) is 0 Å². The minimum absolute atomic E-state index is 0.0383. The summed E-state index contributed by atoms with van der Waals surface area (Å²) in [5.74, 6) is 2.39. The van der Waals surface area contributed by atoms with Crippen molar-refractivity contribution >= 4 is 40.8 Å². The van der Waals surface area contributed by atoms with Gasteiger partial charge in [0.05, 0.1) is 12.0 Å². The Kier molecular flexibility index (Phi) is 4.61. The molecule has 3 nitrogen and oxygen atoms in total. The molecule has 25 heavy (non-hydrogen) atoms. The quantitative estimate of drug-likeness (QED) is 0.815. The Morgan fingerprint density at radius 2 is 2.20 bits per heavy atom. The van der Waals surface area contributed by atoms with Gasteiger partial charge >= 0.3 is 0 Å². The number of fused-ring (bicyclic) bond motifs is 3. The minimum atomic E-state index is -0.0383. The molecule has 1 aliphatic carbocycles. The molecule has 1 aromatic heterocycles. The number of thiophene rings is 1. The molecule has 0 bridgehead atoms. The van der Waals surface area contributed by atoms with Crippen LogP contribution >= 0.6 is 23.1 Å². The van der Waals surface area contributed by atoms with E-state index in [1.165, 1.54) is 34.6 Å². The summed E-state index contributed by atoms with van der Waals surface area (Å²) in [4.78, 5) is 16.3. The lowest BCUT2D eigenvalue weighted by atomic mass is 9.88. The van der Waals surface area contributed by atoms with E-state index in [-0.39, 0.29) is 5.91 Å². The van der Waals surface area contributed by atoms with Crippen LogP contribution < -0.4 is 10.1 Å². The summed E-state index contributed by atoms with van der Waals surface area (Å²) in [5.41, 5.74) is 3.79. The molecule has 1 amide bonds. The molecule has 1 atom stereocenters. The maximum atomic E-state index is 12.6. The normalized spacial score (nSPS) is 18.8. The van der Waals surface area contributed by atoms with Crippen molar-refractivity contribution in [1.29, 1.82) is 0 Å². The molecule has 1 aromatic carbocycles. The molecule has 2 heterocycles. The van der Waals surface area contributed by atoms with Crippen LogP contribution in [0.25, 0.3) is 6.08 Å². The van der Waals surface area contributed by atoms with Crippen molar-refractivity contribution < 1.29 is 9.53 Å². The van der Waals surface area contributed by atoms with Crippen LogP contribution in [-0.4, -0.2) is 13.0 Å². The number of ether oxygens (including phenoxy) is 1. The van der Waals surface area contributed by atoms with E-state index in [9.17, 15) is 4.79 Å². The summed E-state index contributed by atoms with van der Waals surface area (Å²) in [5, 5.41) is 2.98. The van der Waals surface area contributed by atoms with Gasteiger partial charge in [-0.3, -0.25) is 4.79 Å². The van der Waals surface area contributed by atoms with Crippen molar-refractivity contribution in [2.45, 2.75) is 31.9 Å². The number of hydrogen-bond acceptors (Lipinski definition) is 4. The predicted octanol–water partition coefficient (Wildman–Crippen LogP) is 5.11. The van der Waals surface area contributed by atoms with Gasteiger partial charge in [0.15, 0.2) is 0 Å². The molecule has 0 saturated carbocycles. The Bertz CT molecular complexity index is 853. The molecule has 0 radical (unpaired) electrons. The standard InChI is InChI=1S/C20H21NO2S2/c1-12-6-7-15-16-11-24-19(10-18(16)25-17(15)8-12)20(22)21-13-4-3-5-14(9-13)23-2/h3-5,9-10,12H,6-8,11H2,1-2H3,(H,21,22). The Morgan fingerprint density at radius 1 is 1.32 bits per heavy atom. The van der Waals surface area contributed by atoms with Crippen LogP contribution in [0.4, 0.5) is 5.69 Å². The van der Waals surface area contributed by atoms with Crippen molar-refractivity contribution in [2.24, 2.45) is 5.92 Å². The van der Waals surface area contributed by atoms with Crippen molar-refractivity contribution in [1.82, 2.24) is 0 Å². The fourth-order valence-electron chi connectivity index (χ4n) is 3.45. The first-order valence-corrected chi connectivity index (χ1v) is 10.4. The zero-order chi connectivity index (χ0) is 17.4. The predicted molar refractivity (Wildman–Crippen MR) is 106 cm³/mol. The maximum Gasteiger partial charge on any atom is 0.262 e. The zero-order valence-corrected chi connectivity index (χ0v) is 16.1. The highest BCUT2D eigenvalue weighted by atomic mass is 32.2. The molecule has 2 aliphatic rings. The molecule has 0 spiro atoms. The van der Waals surface area contributed by atoms with Crippen LogP contribution in [0.5, 0.6) is 5.75 Å². The number of hydrogen-bond donors (Lipinski definition) is 1. The summed E-state index contributed by atoms with van der Waals surface area (Å²) >= 11 is 3.53. The third-order valence-corrected chi connectivity index (χ3v) is 7.13. The van der Waals surface area contributed by atoms with E-state index in [2.05, 4.69) is 18.3 Å². The average molecular weight is 372 g/mol. The summed E-state index contributed by atoms with van der Waals surface area (Å²) < 4.78 is 5.21. The highest BCUT2D eigenvalue weighted by Crippen LogP contribution is 2.43. The molecule has 2 aromatic rings. The van der Waals surface area contributed by atoms with Gasteiger partial charge in [0.1, 0.15) is 5.75 Å². The smallest absolute Gasteiger partial charge is 0.262 e. The zero-order valence-electron chi connectivity index (χ0n) is 14.4. The van der Waals surface area contributed by atoms with Crippen LogP contribution in [0.1, 0.15) is 34.2 Å². The van der Waals surface area contributed by atoms with Gasteiger partial charge < -0.3 is 10.1 Å². The van der Waals surface area contributed by atoms with Gasteiger partial charge in [-0.1, -0.05) is 13.0 Å². The SMILES string of the molecule is COc1cccc(NC(=O)C2=Cc3sc4c(c3CS2)CCC(C)C4)c1. The summed E-state index contributed by atoms with van der Waals surface area (Å²) in [7, 11) is 1.63. The molecular formula is C20H21NO2S2. The molecule has 1 aliphatic heterocycles. The number of nitrogens with one attached hydrogen (secondary N) is 1.